The zero-order valence-corrected chi connectivity index (χ0v) is 12.9. The Labute approximate surface area is 133 Å². The maximum Gasteiger partial charge on any atom is 0.156 e. The molecule has 0 aromatic carbocycles. The van der Waals surface area contributed by atoms with Crippen molar-refractivity contribution in [1.29, 1.82) is 0 Å². The van der Waals surface area contributed by atoms with Crippen LogP contribution in [0.4, 0.5) is 0 Å². The molecule has 1 aliphatic heterocycles. The fourth-order valence-corrected chi connectivity index (χ4v) is 2.62. The van der Waals surface area contributed by atoms with E-state index in [1.54, 1.807) is 24.9 Å². The summed E-state index contributed by atoms with van der Waals surface area (Å²) in [5, 5.41) is 0.451. The highest BCUT2D eigenvalue weighted by Gasteiger charge is 2.18. The van der Waals surface area contributed by atoms with Crippen molar-refractivity contribution < 1.29 is 4.74 Å². The van der Waals surface area contributed by atoms with E-state index >= 15 is 0 Å². The summed E-state index contributed by atoms with van der Waals surface area (Å²) in [6.07, 6.45) is 10.5. The molecule has 6 heteroatoms. The Hall–Kier alpha value is -1.98. The minimum atomic E-state index is 0.0946. The molecule has 0 aliphatic carbocycles. The maximum absolute atomic E-state index is 5.98. The second-order valence-electron chi connectivity index (χ2n) is 4.97. The zero-order valence-electron chi connectivity index (χ0n) is 12.1. The average Bonchev–Trinajstić information content (AvgIpc) is 3.03. The van der Waals surface area contributed by atoms with Gasteiger partial charge in [0, 0.05) is 25.2 Å². The fraction of sp³-hybridized carbons (Fsp3) is 0.312. The molecule has 1 unspecified atom stereocenters. The summed E-state index contributed by atoms with van der Waals surface area (Å²) in [7, 11) is 0. The normalized spacial score (nSPS) is 17.8. The second-order valence-corrected chi connectivity index (χ2v) is 5.33. The Morgan fingerprint density at radius 3 is 2.59 bits per heavy atom. The van der Waals surface area contributed by atoms with Crippen LogP contribution in [0.3, 0.4) is 0 Å². The Balaban J connectivity index is 0.000000202. The van der Waals surface area contributed by atoms with Crippen LogP contribution in [-0.2, 0) is 4.74 Å². The highest BCUT2D eigenvalue weighted by atomic mass is 35.5. The summed E-state index contributed by atoms with van der Waals surface area (Å²) >= 11 is 5.98. The van der Waals surface area contributed by atoms with Gasteiger partial charge in [0.1, 0.15) is 11.7 Å². The van der Waals surface area contributed by atoms with Gasteiger partial charge in [0.2, 0.25) is 0 Å². The van der Waals surface area contributed by atoms with Crippen LogP contribution in [0.2, 0.25) is 5.15 Å². The number of aromatic nitrogens is 4. The van der Waals surface area contributed by atoms with E-state index in [2.05, 4.69) is 15.0 Å². The third-order valence-electron chi connectivity index (χ3n) is 3.48. The third-order valence-corrected chi connectivity index (χ3v) is 3.76. The molecule has 5 nitrogen and oxygen atoms in total. The first-order chi connectivity index (χ1) is 10.9. The third kappa shape index (κ3) is 3.43. The van der Waals surface area contributed by atoms with Gasteiger partial charge >= 0.3 is 0 Å². The molecule has 0 radical (unpaired) electrons. The van der Waals surface area contributed by atoms with Crippen molar-refractivity contribution in [2.24, 2.45) is 0 Å². The van der Waals surface area contributed by atoms with E-state index < -0.39 is 0 Å². The van der Waals surface area contributed by atoms with Crippen LogP contribution < -0.4 is 0 Å². The van der Waals surface area contributed by atoms with E-state index in [1.807, 2.05) is 28.8 Å². The molecule has 3 aromatic rings. The summed E-state index contributed by atoms with van der Waals surface area (Å²) in [5.74, 6) is 0. The minimum absolute atomic E-state index is 0.0946. The smallest absolute Gasteiger partial charge is 0.156 e. The van der Waals surface area contributed by atoms with Crippen LogP contribution in [-0.4, -0.2) is 26.1 Å². The molecule has 0 bridgehead atoms. The first kappa shape index (κ1) is 14.9. The number of ether oxygens (including phenoxy) is 1. The van der Waals surface area contributed by atoms with Gasteiger partial charge in [0.15, 0.2) is 5.15 Å². The summed E-state index contributed by atoms with van der Waals surface area (Å²) in [6, 6.07) is 7.64. The number of halogens is 1. The molecule has 22 heavy (non-hydrogen) atoms. The van der Waals surface area contributed by atoms with E-state index in [1.165, 1.54) is 6.42 Å². The number of nitrogens with zero attached hydrogens (tertiary/aromatic N) is 4. The predicted octanol–water partition coefficient (Wildman–Crippen LogP) is 3.87. The number of fused-ring (bicyclic) bond motifs is 1. The summed E-state index contributed by atoms with van der Waals surface area (Å²) in [5.41, 5.74) is 1.74. The van der Waals surface area contributed by atoms with Gasteiger partial charge < -0.3 is 9.30 Å². The molecule has 114 valence electrons. The second kappa shape index (κ2) is 7.33. The number of hydrogen-bond acceptors (Lipinski definition) is 4. The lowest BCUT2D eigenvalue weighted by Crippen LogP contribution is -2.17. The molecular weight excluding hydrogens is 300 g/mol. The van der Waals surface area contributed by atoms with E-state index in [0.29, 0.717) is 5.15 Å². The Bertz CT molecular complexity index is 684. The molecule has 1 aliphatic rings. The van der Waals surface area contributed by atoms with Gasteiger partial charge in [-0.05, 0) is 37.5 Å². The first-order valence-electron chi connectivity index (χ1n) is 7.30. The van der Waals surface area contributed by atoms with E-state index in [-0.39, 0.29) is 6.23 Å². The molecule has 0 amide bonds. The minimum Gasteiger partial charge on any atom is -0.358 e. The van der Waals surface area contributed by atoms with Gasteiger partial charge in [-0.25, -0.2) is 9.97 Å². The highest BCUT2D eigenvalue weighted by Crippen LogP contribution is 2.27. The average molecular weight is 317 g/mol. The van der Waals surface area contributed by atoms with Crippen molar-refractivity contribution in [1.82, 2.24) is 19.5 Å². The van der Waals surface area contributed by atoms with E-state index in [0.717, 1.165) is 30.5 Å². The van der Waals surface area contributed by atoms with Crippen molar-refractivity contribution in [2.75, 3.05) is 6.61 Å². The molecule has 1 saturated heterocycles. The van der Waals surface area contributed by atoms with Crippen molar-refractivity contribution in [3.05, 3.63) is 54.3 Å². The molecule has 1 fully saturated rings. The highest BCUT2D eigenvalue weighted by molar-refractivity contribution is 6.33. The van der Waals surface area contributed by atoms with Crippen molar-refractivity contribution >= 4 is 22.6 Å². The quantitative estimate of drug-likeness (QED) is 0.640. The van der Waals surface area contributed by atoms with Crippen molar-refractivity contribution in [3.8, 4) is 0 Å². The summed E-state index contributed by atoms with van der Waals surface area (Å²) in [4.78, 5) is 12.1. The largest absolute Gasteiger partial charge is 0.358 e. The van der Waals surface area contributed by atoms with E-state index in [9.17, 15) is 0 Å². The van der Waals surface area contributed by atoms with Crippen LogP contribution in [0, 0.1) is 0 Å². The van der Waals surface area contributed by atoms with Crippen molar-refractivity contribution in [3.63, 3.8) is 0 Å². The Morgan fingerprint density at radius 1 is 1.09 bits per heavy atom. The molecule has 4 heterocycles. The van der Waals surface area contributed by atoms with Crippen LogP contribution in [0.1, 0.15) is 25.5 Å². The monoisotopic (exact) mass is 316 g/mol. The lowest BCUT2D eigenvalue weighted by molar-refractivity contribution is -0.0295. The van der Waals surface area contributed by atoms with Gasteiger partial charge in [0.25, 0.3) is 0 Å². The summed E-state index contributed by atoms with van der Waals surface area (Å²) in [6.45, 7) is 0.823. The molecular formula is C16H17ClN4O. The van der Waals surface area contributed by atoms with E-state index in [4.69, 9.17) is 16.3 Å². The predicted molar refractivity (Wildman–Crippen MR) is 85.6 cm³/mol. The van der Waals surface area contributed by atoms with Crippen LogP contribution >= 0.6 is 11.6 Å². The number of hydrogen-bond donors (Lipinski definition) is 0. The molecule has 0 saturated carbocycles. The maximum atomic E-state index is 5.98. The lowest BCUT2D eigenvalue weighted by atomic mass is 10.2. The summed E-state index contributed by atoms with van der Waals surface area (Å²) < 4.78 is 7.77. The molecule has 0 spiro atoms. The van der Waals surface area contributed by atoms with Crippen molar-refractivity contribution in [2.45, 2.75) is 25.5 Å². The van der Waals surface area contributed by atoms with Gasteiger partial charge in [-0.2, -0.15) is 0 Å². The molecule has 3 aromatic heterocycles. The Morgan fingerprint density at radius 2 is 1.95 bits per heavy atom. The van der Waals surface area contributed by atoms with Gasteiger partial charge in [-0.3, -0.25) is 4.98 Å². The van der Waals surface area contributed by atoms with Crippen LogP contribution in [0.15, 0.2) is 49.2 Å². The zero-order chi connectivity index (χ0) is 15.2. The number of rotatable bonds is 1. The topological polar surface area (TPSA) is 52.8 Å². The number of pyridine rings is 2. The lowest BCUT2D eigenvalue weighted by Gasteiger charge is -2.24. The van der Waals surface area contributed by atoms with Crippen LogP contribution in [0.5, 0.6) is 0 Å². The standard InChI is InChI=1S/C11H12ClN3O.C5H5N/c12-11-10-8(4-5-13-11)15(7-14-10)9-3-1-2-6-16-9;1-2-4-6-5-3-1/h4-5,7,9H,1-3,6H2;1-5H. The van der Waals surface area contributed by atoms with Gasteiger partial charge in [-0.15, -0.1) is 0 Å². The molecule has 1 atom stereocenters. The number of imidazole rings is 1. The van der Waals surface area contributed by atoms with Crippen LogP contribution in [0.25, 0.3) is 11.0 Å². The SMILES string of the molecule is Clc1nccc2c1ncn2C1CCCCO1.c1ccncc1. The van der Waals surface area contributed by atoms with Gasteiger partial charge in [-0.1, -0.05) is 17.7 Å². The molecule has 0 N–H and O–H groups in total. The Kier molecular flexibility index (Phi) is 4.98. The fourth-order valence-electron chi connectivity index (χ4n) is 2.41. The van der Waals surface area contributed by atoms with Gasteiger partial charge in [0.05, 0.1) is 11.8 Å². The molecule has 4 rings (SSSR count). The first-order valence-corrected chi connectivity index (χ1v) is 7.67.